The largest absolute Gasteiger partial charge is 2.00 e. The minimum absolute atomic E-state index is 0. The van der Waals surface area contributed by atoms with Gasteiger partial charge in [-0.1, -0.05) is 127 Å². The third-order valence-electron chi connectivity index (χ3n) is 7.05. The Kier molecular flexibility index (Phi) is 10.6. The van der Waals surface area contributed by atoms with Crippen molar-refractivity contribution in [3.05, 3.63) is 173 Å². The minimum atomic E-state index is -0.196. The van der Waals surface area contributed by atoms with Gasteiger partial charge in [0.05, 0.1) is 11.4 Å². The van der Waals surface area contributed by atoms with Crippen molar-refractivity contribution in [2.24, 2.45) is 20.0 Å². The fourth-order valence-electron chi connectivity index (χ4n) is 5.10. The van der Waals surface area contributed by atoms with Gasteiger partial charge in [-0.05, 0) is 34.4 Å². The van der Waals surface area contributed by atoms with E-state index in [2.05, 4.69) is 48.5 Å². The molecule has 7 rings (SSSR count). The average molecular weight is 645 g/mol. The number of hydrogen-bond donors (Lipinski definition) is 0. The standard InChI is InChI=1S/C35H25N5.2ClH.Co/c1-5-14-24(15-6-1)30-31(25-16-7-2-8-17-25)38-34(37-30)28-22-13-23-29(36-28)35-39-32(26-18-9-3-10-19-26)33(40-35)27-20-11-4-12-21-27;;;/h1-23,30,32H;2*1H;/q;;;+2/p-2. The van der Waals surface area contributed by atoms with E-state index in [1.807, 2.05) is 91.0 Å². The van der Waals surface area contributed by atoms with Gasteiger partial charge in [0.2, 0.25) is 0 Å². The molecule has 0 fully saturated rings. The quantitative estimate of drug-likeness (QED) is 0.273. The summed E-state index contributed by atoms with van der Waals surface area (Å²) in [6.45, 7) is 0. The number of rotatable bonds is 6. The third-order valence-corrected chi connectivity index (χ3v) is 7.05. The summed E-state index contributed by atoms with van der Waals surface area (Å²) in [5, 5.41) is 0. The first-order valence-electron chi connectivity index (χ1n) is 13.3. The Labute approximate surface area is 273 Å². The van der Waals surface area contributed by atoms with Crippen molar-refractivity contribution in [2.75, 3.05) is 0 Å². The summed E-state index contributed by atoms with van der Waals surface area (Å²) in [5.74, 6) is 1.22. The predicted octanol–water partition coefficient (Wildman–Crippen LogP) is 1.07. The minimum Gasteiger partial charge on any atom is -1.00 e. The summed E-state index contributed by atoms with van der Waals surface area (Å²) in [7, 11) is 0. The molecule has 2 atom stereocenters. The molecule has 2 aliphatic heterocycles. The number of hydrogen-bond acceptors (Lipinski definition) is 5. The van der Waals surface area contributed by atoms with Crippen molar-refractivity contribution < 1.29 is 41.6 Å². The van der Waals surface area contributed by atoms with Crippen LogP contribution in [0, 0.1) is 0 Å². The number of pyridine rings is 1. The summed E-state index contributed by atoms with van der Waals surface area (Å²) in [5.41, 5.74) is 7.53. The summed E-state index contributed by atoms with van der Waals surface area (Å²) in [6.07, 6.45) is 0. The topological polar surface area (TPSA) is 62.3 Å². The molecule has 3 heterocycles. The second-order valence-electron chi connectivity index (χ2n) is 9.67. The molecule has 0 amide bonds. The first-order valence-corrected chi connectivity index (χ1v) is 13.3. The Bertz CT molecular complexity index is 1660. The van der Waals surface area contributed by atoms with Crippen molar-refractivity contribution in [1.82, 2.24) is 4.98 Å². The van der Waals surface area contributed by atoms with Crippen LogP contribution in [0.2, 0.25) is 0 Å². The van der Waals surface area contributed by atoms with Crippen LogP contribution in [0.1, 0.15) is 45.7 Å². The van der Waals surface area contributed by atoms with Crippen molar-refractivity contribution in [1.29, 1.82) is 0 Å². The van der Waals surface area contributed by atoms with E-state index in [0.29, 0.717) is 23.1 Å². The maximum atomic E-state index is 5.05. The van der Waals surface area contributed by atoms with Gasteiger partial charge >= 0.3 is 16.8 Å². The van der Waals surface area contributed by atoms with Gasteiger partial charge in [-0.3, -0.25) is 9.98 Å². The van der Waals surface area contributed by atoms with Crippen molar-refractivity contribution in [2.45, 2.75) is 12.1 Å². The van der Waals surface area contributed by atoms with Crippen LogP contribution in [0.4, 0.5) is 0 Å². The van der Waals surface area contributed by atoms with Gasteiger partial charge in [-0.25, -0.2) is 15.0 Å². The Morgan fingerprint density at radius 1 is 0.395 bits per heavy atom. The summed E-state index contributed by atoms with van der Waals surface area (Å²) in [4.78, 5) is 25.1. The van der Waals surface area contributed by atoms with E-state index in [4.69, 9.17) is 25.0 Å². The molecule has 1 aromatic heterocycles. The van der Waals surface area contributed by atoms with Crippen molar-refractivity contribution in [3.8, 4) is 0 Å². The molecule has 4 aromatic carbocycles. The Morgan fingerprint density at radius 3 is 1.12 bits per heavy atom. The fourth-order valence-corrected chi connectivity index (χ4v) is 5.10. The molecule has 0 N–H and O–H groups in total. The van der Waals surface area contributed by atoms with Gasteiger partial charge in [0.25, 0.3) is 0 Å². The normalized spacial score (nSPS) is 16.8. The molecule has 1 radical (unpaired) electrons. The molecule has 0 saturated heterocycles. The summed E-state index contributed by atoms with van der Waals surface area (Å²) < 4.78 is 0. The Morgan fingerprint density at radius 2 is 0.744 bits per heavy atom. The number of halogens is 2. The van der Waals surface area contributed by atoms with Crippen molar-refractivity contribution in [3.63, 3.8) is 0 Å². The molecule has 0 bridgehead atoms. The zero-order valence-corrected chi connectivity index (χ0v) is 25.3. The molecule has 5 aromatic rings. The molecule has 0 spiro atoms. The molecule has 0 saturated carbocycles. The molecule has 0 aliphatic carbocycles. The molecule has 5 nitrogen and oxygen atoms in total. The monoisotopic (exact) mass is 644 g/mol. The maximum Gasteiger partial charge on any atom is 2.00 e. The molecule has 2 aliphatic rings. The first-order chi connectivity index (χ1) is 19.8. The van der Waals surface area contributed by atoms with Gasteiger partial charge in [0.15, 0.2) is 11.7 Å². The van der Waals surface area contributed by atoms with Crippen LogP contribution in [-0.2, 0) is 16.8 Å². The van der Waals surface area contributed by atoms with E-state index in [9.17, 15) is 0 Å². The maximum absolute atomic E-state index is 5.05. The number of amidine groups is 2. The molecular formula is C35H25Cl2CoN5. The van der Waals surface area contributed by atoms with Gasteiger partial charge in [0, 0.05) is 0 Å². The van der Waals surface area contributed by atoms with Crippen LogP contribution in [0.3, 0.4) is 0 Å². The predicted molar refractivity (Wildman–Crippen MR) is 162 cm³/mol. The second kappa shape index (κ2) is 14.3. The van der Waals surface area contributed by atoms with Crippen LogP contribution in [-0.4, -0.2) is 28.1 Å². The van der Waals surface area contributed by atoms with Gasteiger partial charge < -0.3 is 24.8 Å². The van der Waals surface area contributed by atoms with E-state index in [0.717, 1.165) is 33.7 Å². The Hall–Kier alpha value is -4.20. The molecule has 2 unspecified atom stereocenters. The van der Waals surface area contributed by atoms with Crippen LogP contribution < -0.4 is 24.8 Å². The molecule has 213 valence electrons. The number of benzene rings is 4. The van der Waals surface area contributed by atoms with E-state index < -0.39 is 0 Å². The van der Waals surface area contributed by atoms with Gasteiger partial charge in [-0.2, -0.15) is 0 Å². The SMILES string of the molecule is [Cl-].[Cl-].[Co+2].c1ccc(C2=NC(c3cccc(C4=NC(c5ccccc5)C(c5ccccc5)=N4)n3)=NC2c2ccccc2)cc1. The summed E-state index contributed by atoms with van der Waals surface area (Å²) >= 11 is 0. The average Bonchev–Trinajstić information content (AvgIpc) is 3.69. The summed E-state index contributed by atoms with van der Waals surface area (Å²) in [6, 6.07) is 46.5. The molecule has 8 heteroatoms. The second-order valence-corrected chi connectivity index (χ2v) is 9.67. The fraction of sp³-hybridized carbons (Fsp3) is 0.0571. The van der Waals surface area contributed by atoms with Gasteiger partial charge in [0.1, 0.15) is 23.5 Å². The zero-order valence-electron chi connectivity index (χ0n) is 22.8. The number of nitrogens with zero attached hydrogens (tertiary/aromatic N) is 5. The van der Waals surface area contributed by atoms with E-state index >= 15 is 0 Å². The zero-order chi connectivity index (χ0) is 26.7. The molecule has 43 heavy (non-hydrogen) atoms. The smallest absolute Gasteiger partial charge is 1.00 e. The third kappa shape index (κ3) is 6.58. The van der Waals surface area contributed by atoms with Crippen molar-refractivity contribution >= 4 is 23.1 Å². The van der Waals surface area contributed by atoms with Gasteiger partial charge in [-0.15, -0.1) is 0 Å². The number of aliphatic imine (C=N–C) groups is 4. The van der Waals surface area contributed by atoms with E-state index in [1.54, 1.807) is 0 Å². The first kappa shape index (κ1) is 31.7. The van der Waals surface area contributed by atoms with E-state index in [-0.39, 0.29) is 53.7 Å². The van der Waals surface area contributed by atoms with Crippen LogP contribution in [0.5, 0.6) is 0 Å². The van der Waals surface area contributed by atoms with Crippen LogP contribution in [0.15, 0.2) is 159 Å². The molecular weight excluding hydrogens is 620 g/mol. The van der Waals surface area contributed by atoms with E-state index in [1.165, 1.54) is 0 Å². The number of aromatic nitrogens is 1. The van der Waals surface area contributed by atoms with Crippen LogP contribution in [0.25, 0.3) is 0 Å². The Balaban J connectivity index is 0.00000141. The van der Waals surface area contributed by atoms with Crippen LogP contribution >= 0.6 is 0 Å².